The second-order valence-corrected chi connectivity index (χ2v) is 7.35. The largest absolute Gasteiger partial charge is 0.355 e. The van der Waals surface area contributed by atoms with E-state index in [0.29, 0.717) is 27.2 Å². The van der Waals surface area contributed by atoms with Crippen molar-refractivity contribution in [1.29, 1.82) is 0 Å². The van der Waals surface area contributed by atoms with Crippen LogP contribution in [0.5, 0.6) is 0 Å². The molecule has 0 saturated carbocycles. The molecule has 0 bridgehead atoms. The van der Waals surface area contributed by atoms with E-state index in [9.17, 15) is 9.59 Å². The molecule has 0 aliphatic carbocycles. The fourth-order valence-electron chi connectivity index (χ4n) is 2.64. The molecule has 0 aliphatic rings. The molecule has 2 aromatic carbocycles. The Balaban J connectivity index is 2.28. The molecule has 4 nitrogen and oxygen atoms in total. The topological polar surface area (TPSA) is 49.4 Å². The lowest BCUT2D eigenvalue weighted by molar-refractivity contribution is -0.140. The molecule has 27 heavy (non-hydrogen) atoms. The van der Waals surface area contributed by atoms with E-state index in [1.165, 1.54) is 4.90 Å². The van der Waals surface area contributed by atoms with Gasteiger partial charge in [-0.1, -0.05) is 59.1 Å². The Bertz CT molecular complexity index is 827. The zero-order chi connectivity index (χ0) is 20.0. The highest BCUT2D eigenvalue weighted by Crippen LogP contribution is 2.23. The first-order valence-electron chi connectivity index (χ1n) is 8.58. The summed E-state index contributed by atoms with van der Waals surface area (Å²) in [5, 5.41) is 4.21. The maximum Gasteiger partial charge on any atom is 0.242 e. The molecule has 2 aromatic rings. The van der Waals surface area contributed by atoms with Gasteiger partial charge in [-0.3, -0.25) is 9.59 Å². The molecule has 0 radical (unpaired) electrons. The Hall–Kier alpha value is -1.75. The third-order valence-corrected chi connectivity index (χ3v) is 5.13. The average molecular weight is 428 g/mol. The van der Waals surface area contributed by atoms with Crippen molar-refractivity contribution in [3.8, 4) is 0 Å². The van der Waals surface area contributed by atoms with Gasteiger partial charge < -0.3 is 10.2 Å². The Morgan fingerprint density at radius 3 is 2.37 bits per heavy atom. The van der Waals surface area contributed by atoms with Crippen molar-refractivity contribution in [1.82, 2.24) is 10.2 Å². The van der Waals surface area contributed by atoms with E-state index in [-0.39, 0.29) is 24.8 Å². The van der Waals surface area contributed by atoms with Crippen LogP contribution in [0.25, 0.3) is 0 Å². The minimum absolute atomic E-state index is 0.0597. The normalized spacial score (nSPS) is 11.7. The van der Waals surface area contributed by atoms with Gasteiger partial charge in [-0.15, -0.1) is 0 Å². The summed E-state index contributed by atoms with van der Waals surface area (Å²) < 4.78 is 0. The number of nitrogens with zero attached hydrogens (tertiary/aromatic N) is 1. The first-order chi connectivity index (χ1) is 12.8. The Kier molecular flexibility index (Phi) is 7.96. The lowest BCUT2D eigenvalue weighted by Gasteiger charge is -2.29. The summed E-state index contributed by atoms with van der Waals surface area (Å²) in [6.07, 6.45) is 0.0597. The summed E-state index contributed by atoms with van der Waals surface area (Å²) in [6, 6.07) is 11.6. The van der Waals surface area contributed by atoms with Crippen LogP contribution in [0.3, 0.4) is 0 Å². The maximum absolute atomic E-state index is 13.0. The van der Waals surface area contributed by atoms with Crippen molar-refractivity contribution in [2.24, 2.45) is 0 Å². The second kappa shape index (κ2) is 9.98. The molecular formula is C20H21Cl3N2O2. The van der Waals surface area contributed by atoms with Gasteiger partial charge in [0, 0.05) is 28.2 Å². The number of likely N-dealkylation sites (N-methyl/N-ethyl adjacent to an activating group) is 1. The summed E-state index contributed by atoms with van der Waals surface area (Å²) in [7, 11) is 0. The molecule has 0 aromatic heterocycles. The molecule has 7 heteroatoms. The minimum Gasteiger partial charge on any atom is -0.355 e. The number of nitrogens with one attached hydrogen (secondary N) is 1. The second-order valence-electron chi connectivity index (χ2n) is 6.10. The SMILES string of the molecule is CCNC(=O)C(C)N(Cc1ccccc1Cl)C(=O)Cc1ccc(Cl)cc1Cl. The predicted octanol–water partition coefficient (Wildman–Crippen LogP) is 4.74. The highest BCUT2D eigenvalue weighted by Gasteiger charge is 2.26. The quantitative estimate of drug-likeness (QED) is 0.693. The van der Waals surface area contributed by atoms with Gasteiger partial charge in [0.15, 0.2) is 0 Å². The van der Waals surface area contributed by atoms with E-state index in [1.807, 2.05) is 25.1 Å². The lowest BCUT2D eigenvalue weighted by Crippen LogP contribution is -2.48. The zero-order valence-electron chi connectivity index (χ0n) is 15.1. The van der Waals surface area contributed by atoms with Gasteiger partial charge in [0.2, 0.25) is 11.8 Å². The van der Waals surface area contributed by atoms with Crippen LogP contribution < -0.4 is 5.32 Å². The first-order valence-corrected chi connectivity index (χ1v) is 9.71. The van der Waals surface area contributed by atoms with Gasteiger partial charge in [-0.2, -0.15) is 0 Å². The molecule has 1 atom stereocenters. The molecule has 0 fully saturated rings. The van der Waals surface area contributed by atoms with E-state index in [1.54, 1.807) is 31.2 Å². The molecule has 2 rings (SSSR count). The summed E-state index contributed by atoms with van der Waals surface area (Å²) in [5.74, 6) is -0.446. The Morgan fingerprint density at radius 1 is 1.04 bits per heavy atom. The zero-order valence-corrected chi connectivity index (χ0v) is 17.4. The number of hydrogen-bond acceptors (Lipinski definition) is 2. The number of amides is 2. The highest BCUT2D eigenvalue weighted by atomic mass is 35.5. The molecule has 0 heterocycles. The van der Waals surface area contributed by atoms with Gasteiger partial charge in [-0.05, 0) is 43.2 Å². The smallest absolute Gasteiger partial charge is 0.242 e. The van der Waals surface area contributed by atoms with Crippen molar-refractivity contribution in [3.63, 3.8) is 0 Å². The van der Waals surface area contributed by atoms with Crippen LogP contribution in [0.2, 0.25) is 15.1 Å². The third-order valence-electron chi connectivity index (χ3n) is 4.17. The molecule has 2 amide bonds. The van der Waals surface area contributed by atoms with Crippen LogP contribution in [0.1, 0.15) is 25.0 Å². The van der Waals surface area contributed by atoms with Crippen molar-refractivity contribution < 1.29 is 9.59 Å². The molecule has 1 unspecified atom stereocenters. The third kappa shape index (κ3) is 5.86. The van der Waals surface area contributed by atoms with Crippen molar-refractivity contribution in [2.45, 2.75) is 32.9 Å². The Morgan fingerprint density at radius 2 is 1.74 bits per heavy atom. The van der Waals surface area contributed by atoms with Gasteiger partial charge in [-0.25, -0.2) is 0 Å². The van der Waals surface area contributed by atoms with Crippen LogP contribution >= 0.6 is 34.8 Å². The van der Waals surface area contributed by atoms with E-state index in [0.717, 1.165) is 5.56 Å². The monoisotopic (exact) mass is 426 g/mol. The van der Waals surface area contributed by atoms with Crippen molar-refractivity contribution in [3.05, 3.63) is 68.7 Å². The van der Waals surface area contributed by atoms with Crippen LogP contribution in [-0.2, 0) is 22.6 Å². The summed E-state index contributed by atoms with van der Waals surface area (Å²) in [5.41, 5.74) is 1.42. The number of benzene rings is 2. The fraction of sp³-hybridized carbons (Fsp3) is 0.300. The van der Waals surface area contributed by atoms with Crippen LogP contribution in [-0.4, -0.2) is 29.3 Å². The molecule has 0 saturated heterocycles. The minimum atomic E-state index is -0.653. The highest BCUT2D eigenvalue weighted by molar-refractivity contribution is 6.35. The summed E-state index contributed by atoms with van der Waals surface area (Å²) in [4.78, 5) is 26.9. The molecule has 0 spiro atoms. The predicted molar refractivity (Wildman–Crippen MR) is 110 cm³/mol. The average Bonchev–Trinajstić information content (AvgIpc) is 2.63. The van der Waals surface area contributed by atoms with Crippen LogP contribution in [0.15, 0.2) is 42.5 Å². The summed E-state index contributed by atoms with van der Waals surface area (Å²) >= 11 is 18.4. The van der Waals surface area contributed by atoms with Crippen molar-refractivity contribution >= 4 is 46.6 Å². The fourth-order valence-corrected chi connectivity index (χ4v) is 3.32. The first kappa shape index (κ1) is 21.5. The number of carbonyl (C=O) groups is 2. The lowest BCUT2D eigenvalue weighted by atomic mass is 10.1. The van der Waals surface area contributed by atoms with Crippen molar-refractivity contribution in [2.75, 3.05) is 6.54 Å². The standard InChI is InChI=1S/C20H21Cl3N2O2/c1-3-24-20(27)13(2)25(12-15-6-4-5-7-17(15)22)19(26)10-14-8-9-16(21)11-18(14)23/h4-9,11,13H,3,10,12H2,1-2H3,(H,24,27). The number of carbonyl (C=O) groups excluding carboxylic acids is 2. The molecule has 0 aliphatic heterocycles. The Labute approximate surface area is 174 Å². The summed E-state index contributed by atoms with van der Waals surface area (Å²) in [6.45, 7) is 4.24. The van der Waals surface area contributed by atoms with Gasteiger partial charge in [0.05, 0.1) is 6.42 Å². The van der Waals surface area contributed by atoms with E-state index >= 15 is 0 Å². The number of halogens is 3. The van der Waals surface area contributed by atoms with Gasteiger partial charge in [0.1, 0.15) is 6.04 Å². The maximum atomic E-state index is 13.0. The number of rotatable bonds is 7. The molecular weight excluding hydrogens is 407 g/mol. The van der Waals surface area contributed by atoms with Gasteiger partial charge in [0.25, 0.3) is 0 Å². The van der Waals surface area contributed by atoms with Crippen LogP contribution in [0, 0.1) is 0 Å². The van der Waals surface area contributed by atoms with Crippen LogP contribution in [0.4, 0.5) is 0 Å². The van der Waals surface area contributed by atoms with E-state index in [2.05, 4.69) is 5.32 Å². The van der Waals surface area contributed by atoms with E-state index < -0.39 is 6.04 Å². The van der Waals surface area contributed by atoms with E-state index in [4.69, 9.17) is 34.8 Å². The molecule has 1 N–H and O–H groups in total. The number of hydrogen-bond donors (Lipinski definition) is 1. The van der Waals surface area contributed by atoms with Gasteiger partial charge >= 0.3 is 0 Å². The molecule has 144 valence electrons.